The smallest absolute Gasteiger partial charge is 0.234 e. The second-order valence-corrected chi connectivity index (χ2v) is 1.29. The van der Waals surface area contributed by atoms with E-state index in [-0.39, 0.29) is 5.69 Å². The molecule has 1 radical (unpaired) electrons. The van der Waals surface area contributed by atoms with Gasteiger partial charge in [0.1, 0.15) is 0 Å². The highest BCUT2D eigenvalue weighted by Gasteiger charge is 1.92. The third-order valence-electron chi connectivity index (χ3n) is 0.723. The normalized spacial score (nSPS) is 9.25. The van der Waals surface area contributed by atoms with Gasteiger partial charge in [-0.25, -0.2) is 4.98 Å². The second kappa shape index (κ2) is 1.86. The van der Waals surface area contributed by atoms with Gasteiger partial charge in [-0.3, -0.25) is 4.98 Å². The van der Waals surface area contributed by atoms with Crippen LogP contribution in [-0.2, 0) is 0 Å². The number of hydrogen-bond acceptors (Lipinski definition) is 2. The molecule has 0 aliphatic carbocycles. The Hall–Kier alpha value is -0.990. The zero-order valence-electron chi connectivity index (χ0n) is 4.13. The van der Waals surface area contributed by atoms with Crippen LogP contribution in [0.5, 0.6) is 0 Å². The van der Waals surface area contributed by atoms with Gasteiger partial charge in [0.05, 0.1) is 5.69 Å². The van der Waals surface area contributed by atoms with E-state index in [1.54, 1.807) is 0 Å². The van der Waals surface area contributed by atoms with Crippen LogP contribution in [0.1, 0.15) is 5.69 Å². The lowest BCUT2D eigenvalue weighted by Gasteiger charge is -1.87. The van der Waals surface area contributed by atoms with Crippen molar-refractivity contribution >= 4 is 0 Å². The third kappa shape index (κ3) is 0.804. The Labute approximate surface area is 46.4 Å². The van der Waals surface area contributed by atoms with Gasteiger partial charge < -0.3 is 0 Å². The Morgan fingerprint density at radius 3 is 2.38 bits per heavy atom. The van der Waals surface area contributed by atoms with E-state index in [1.807, 2.05) is 0 Å². The molecule has 41 valence electrons. The van der Waals surface area contributed by atoms with Crippen LogP contribution in [0.4, 0.5) is 4.39 Å². The summed E-state index contributed by atoms with van der Waals surface area (Å²) in [5.74, 6) is -0.604. The van der Waals surface area contributed by atoms with Gasteiger partial charge in [-0.15, -0.1) is 0 Å². The molecule has 3 heteroatoms. The molecule has 0 aliphatic heterocycles. The molecular weight excluding hydrogens is 107 g/mol. The standard InChI is InChI=1S/C5H4FN2/c1-4-5(6)8-3-2-7-4/h2-3H,1H2. The van der Waals surface area contributed by atoms with Crippen LogP contribution >= 0.6 is 0 Å². The Morgan fingerprint density at radius 1 is 1.38 bits per heavy atom. The van der Waals surface area contributed by atoms with Gasteiger partial charge in [-0.1, -0.05) is 0 Å². The van der Waals surface area contributed by atoms with Gasteiger partial charge in [0, 0.05) is 12.4 Å². The minimum Gasteiger partial charge on any atom is -0.255 e. The van der Waals surface area contributed by atoms with E-state index in [1.165, 1.54) is 12.4 Å². The average Bonchev–Trinajstić information content (AvgIpc) is 1.77. The molecule has 1 heterocycles. The van der Waals surface area contributed by atoms with Crippen molar-refractivity contribution in [1.82, 2.24) is 9.97 Å². The lowest BCUT2D eigenvalue weighted by Crippen LogP contribution is -1.88. The minimum absolute atomic E-state index is 0.0903. The van der Waals surface area contributed by atoms with E-state index in [0.717, 1.165) is 0 Å². The molecule has 0 aromatic carbocycles. The van der Waals surface area contributed by atoms with Gasteiger partial charge in [0.15, 0.2) is 0 Å². The fourth-order valence-electron chi connectivity index (χ4n) is 0.350. The molecule has 1 rings (SSSR count). The molecule has 2 nitrogen and oxygen atoms in total. The maximum absolute atomic E-state index is 12.1. The van der Waals surface area contributed by atoms with Crippen molar-refractivity contribution in [2.75, 3.05) is 0 Å². The lowest BCUT2D eigenvalue weighted by atomic mass is 10.5. The fraction of sp³-hybridized carbons (Fsp3) is 0. The fourth-order valence-corrected chi connectivity index (χ4v) is 0.350. The first kappa shape index (κ1) is 5.15. The zero-order valence-corrected chi connectivity index (χ0v) is 4.13. The van der Waals surface area contributed by atoms with Crippen LogP contribution in [-0.4, -0.2) is 9.97 Å². The van der Waals surface area contributed by atoms with E-state index in [2.05, 4.69) is 16.9 Å². The van der Waals surface area contributed by atoms with Gasteiger partial charge in [0.2, 0.25) is 5.95 Å². The van der Waals surface area contributed by atoms with Crippen molar-refractivity contribution in [2.45, 2.75) is 0 Å². The van der Waals surface area contributed by atoms with Crippen molar-refractivity contribution in [2.24, 2.45) is 0 Å². The SMILES string of the molecule is [CH2]c1nccnc1F. The van der Waals surface area contributed by atoms with Crippen molar-refractivity contribution < 1.29 is 4.39 Å². The molecule has 0 fully saturated rings. The number of rotatable bonds is 0. The van der Waals surface area contributed by atoms with Crippen LogP contribution in [0.25, 0.3) is 0 Å². The van der Waals surface area contributed by atoms with E-state index >= 15 is 0 Å². The molecule has 0 spiro atoms. The van der Waals surface area contributed by atoms with Gasteiger partial charge in [0.25, 0.3) is 0 Å². The summed E-state index contributed by atoms with van der Waals surface area (Å²) in [6.07, 6.45) is 2.68. The summed E-state index contributed by atoms with van der Waals surface area (Å²) in [7, 11) is 0. The summed E-state index contributed by atoms with van der Waals surface area (Å²) < 4.78 is 12.1. The number of aromatic nitrogens is 2. The van der Waals surface area contributed by atoms with Gasteiger partial charge in [-0.05, 0) is 6.92 Å². The third-order valence-corrected chi connectivity index (χ3v) is 0.723. The van der Waals surface area contributed by atoms with E-state index in [9.17, 15) is 4.39 Å². The second-order valence-electron chi connectivity index (χ2n) is 1.29. The Bertz CT molecular complexity index is 167. The highest BCUT2D eigenvalue weighted by atomic mass is 19.1. The number of nitrogens with zero attached hydrogens (tertiary/aromatic N) is 2. The Balaban J connectivity index is 3.13. The van der Waals surface area contributed by atoms with E-state index in [4.69, 9.17) is 0 Å². The molecule has 0 unspecified atom stereocenters. The average molecular weight is 111 g/mol. The molecule has 0 saturated carbocycles. The molecule has 0 bridgehead atoms. The summed E-state index contributed by atoms with van der Waals surface area (Å²) in [5, 5.41) is 0. The summed E-state index contributed by atoms with van der Waals surface area (Å²) in [6, 6.07) is 0. The van der Waals surface area contributed by atoms with Crippen molar-refractivity contribution in [3.63, 3.8) is 0 Å². The summed E-state index contributed by atoms with van der Waals surface area (Å²) in [6.45, 7) is 3.27. The highest BCUT2D eigenvalue weighted by Crippen LogP contribution is 1.93. The highest BCUT2D eigenvalue weighted by molar-refractivity contribution is 5.00. The first-order chi connectivity index (χ1) is 3.80. The molecule has 1 aromatic heterocycles. The lowest BCUT2D eigenvalue weighted by molar-refractivity contribution is 0.570. The summed E-state index contributed by atoms with van der Waals surface area (Å²) in [4.78, 5) is 6.82. The maximum atomic E-state index is 12.1. The molecule has 1 aromatic rings. The Kier molecular flexibility index (Phi) is 1.20. The van der Waals surface area contributed by atoms with Crippen LogP contribution in [0.3, 0.4) is 0 Å². The van der Waals surface area contributed by atoms with Crippen LogP contribution < -0.4 is 0 Å². The molecule has 8 heavy (non-hydrogen) atoms. The number of halogens is 1. The van der Waals surface area contributed by atoms with Crippen LogP contribution in [0.2, 0.25) is 0 Å². The predicted octanol–water partition coefficient (Wildman–Crippen LogP) is 0.798. The molecule has 0 amide bonds. The monoisotopic (exact) mass is 111 g/mol. The Morgan fingerprint density at radius 2 is 2.00 bits per heavy atom. The first-order valence-electron chi connectivity index (χ1n) is 2.09. The quantitative estimate of drug-likeness (QED) is 0.494. The van der Waals surface area contributed by atoms with E-state index < -0.39 is 5.95 Å². The largest absolute Gasteiger partial charge is 0.255 e. The van der Waals surface area contributed by atoms with Crippen LogP contribution in [0, 0.1) is 12.9 Å². The molecule has 0 aliphatic rings. The minimum atomic E-state index is -0.604. The summed E-state index contributed by atoms with van der Waals surface area (Å²) in [5.41, 5.74) is 0.0903. The van der Waals surface area contributed by atoms with Crippen molar-refractivity contribution in [3.05, 3.63) is 31.0 Å². The van der Waals surface area contributed by atoms with Gasteiger partial charge >= 0.3 is 0 Å². The molecule has 0 atom stereocenters. The molecule has 0 N–H and O–H groups in total. The molecular formula is C5H4FN2. The number of hydrogen-bond donors (Lipinski definition) is 0. The van der Waals surface area contributed by atoms with E-state index in [0.29, 0.717) is 0 Å². The topological polar surface area (TPSA) is 25.8 Å². The van der Waals surface area contributed by atoms with Gasteiger partial charge in [-0.2, -0.15) is 4.39 Å². The predicted molar refractivity (Wildman–Crippen MR) is 26.4 cm³/mol. The first-order valence-corrected chi connectivity index (χ1v) is 2.09. The van der Waals surface area contributed by atoms with Crippen molar-refractivity contribution in [1.29, 1.82) is 0 Å². The zero-order chi connectivity index (χ0) is 5.98. The van der Waals surface area contributed by atoms with Crippen LogP contribution in [0.15, 0.2) is 12.4 Å². The summed E-state index contributed by atoms with van der Waals surface area (Å²) >= 11 is 0. The maximum Gasteiger partial charge on any atom is 0.234 e. The molecule has 0 saturated heterocycles. The van der Waals surface area contributed by atoms with Crippen molar-refractivity contribution in [3.8, 4) is 0 Å².